The lowest BCUT2D eigenvalue weighted by Crippen LogP contribution is -2.40. The summed E-state index contributed by atoms with van der Waals surface area (Å²) in [6, 6.07) is 0.178. The zero-order valence-electron chi connectivity index (χ0n) is 11.2. The Kier molecular flexibility index (Phi) is 3.35. The second kappa shape index (κ2) is 5.02. The van der Waals surface area contributed by atoms with Crippen LogP contribution in [0.3, 0.4) is 0 Å². The lowest BCUT2D eigenvalue weighted by molar-refractivity contribution is -0.389. The van der Waals surface area contributed by atoms with Gasteiger partial charge in [0.15, 0.2) is 0 Å². The molecule has 0 aliphatic carbocycles. The summed E-state index contributed by atoms with van der Waals surface area (Å²) in [5.41, 5.74) is 5.93. The molecular weight excluding hydrogens is 278 g/mol. The highest BCUT2D eigenvalue weighted by Crippen LogP contribution is 2.33. The van der Waals surface area contributed by atoms with Gasteiger partial charge in [0.2, 0.25) is 5.82 Å². The zero-order valence-corrected chi connectivity index (χ0v) is 12.0. The number of nitro groups is 1. The Morgan fingerprint density at radius 2 is 2.25 bits per heavy atom. The number of fused-ring (bicyclic) bond motifs is 1. The molecule has 1 aliphatic heterocycles. The Labute approximate surface area is 120 Å². The topological polar surface area (TPSA) is 89.7 Å². The van der Waals surface area contributed by atoms with Crippen molar-refractivity contribution >= 4 is 27.9 Å². The number of aromatic nitrogens is 2. The fourth-order valence-corrected chi connectivity index (χ4v) is 3.49. The van der Waals surface area contributed by atoms with Crippen LogP contribution in [0.1, 0.15) is 19.8 Å². The first-order chi connectivity index (χ1) is 9.58. The molecule has 2 N–H and O–H groups in total. The molecule has 7 nitrogen and oxygen atoms in total. The Balaban J connectivity index is 1.89. The molecule has 3 heterocycles. The number of anilines is 1. The number of nitrogens with two attached hydrogens (primary N) is 1. The second-order valence-electron chi connectivity index (χ2n) is 5.26. The molecule has 0 radical (unpaired) electrons. The summed E-state index contributed by atoms with van der Waals surface area (Å²) in [4.78, 5) is 18.1. The number of hydrogen-bond acceptors (Lipinski definition) is 6. The van der Waals surface area contributed by atoms with Gasteiger partial charge in [0.05, 0.1) is 0 Å². The van der Waals surface area contributed by atoms with Crippen LogP contribution in [-0.2, 0) is 0 Å². The zero-order chi connectivity index (χ0) is 14.3. The van der Waals surface area contributed by atoms with E-state index in [1.807, 2.05) is 11.8 Å². The molecule has 8 heteroatoms. The first-order valence-corrected chi connectivity index (χ1v) is 7.56. The van der Waals surface area contributed by atoms with Crippen LogP contribution in [-0.4, -0.2) is 33.4 Å². The minimum Gasteiger partial charge on any atom is -0.358 e. The first-order valence-electron chi connectivity index (χ1n) is 6.68. The van der Waals surface area contributed by atoms with E-state index in [1.54, 1.807) is 16.0 Å². The van der Waals surface area contributed by atoms with Gasteiger partial charge in [-0.25, -0.2) is 0 Å². The van der Waals surface area contributed by atoms with Crippen molar-refractivity contribution in [3.8, 4) is 0 Å². The molecule has 0 spiro atoms. The molecule has 0 amide bonds. The minimum absolute atomic E-state index is 0.0699. The molecule has 0 bridgehead atoms. The van der Waals surface area contributed by atoms with Gasteiger partial charge in [-0.05, 0) is 30.6 Å². The third-order valence-corrected chi connectivity index (χ3v) is 4.73. The summed E-state index contributed by atoms with van der Waals surface area (Å²) in [5.74, 6) is 1.06. The lowest BCUT2D eigenvalue weighted by atomic mass is 9.91. The number of piperidine rings is 1. The van der Waals surface area contributed by atoms with Gasteiger partial charge in [0.25, 0.3) is 4.96 Å². The van der Waals surface area contributed by atoms with Crippen LogP contribution >= 0.6 is 11.3 Å². The predicted molar refractivity (Wildman–Crippen MR) is 78.3 cm³/mol. The SMILES string of the molecule is CC(N)C1CCN(c2nc3sccn3c2[N+](=O)[O-])CC1. The third-order valence-electron chi connectivity index (χ3n) is 3.97. The smallest absolute Gasteiger partial charge is 0.358 e. The summed E-state index contributed by atoms with van der Waals surface area (Å²) in [6.45, 7) is 3.57. The van der Waals surface area contributed by atoms with E-state index in [2.05, 4.69) is 4.98 Å². The molecule has 1 aliphatic rings. The maximum Gasteiger partial charge on any atom is 0.373 e. The molecule has 1 atom stereocenters. The fourth-order valence-electron chi connectivity index (χ4n) is 2.78. The first kappa shape index (κ1) is 13.3. The Morgan fingerprint density at radius 1 is 1.55 bits per heavy atom. The van der Waals surface area contributed by atoms with Gasteiger partial charge in [0, 0.05) is 24.5 Å². The Morgan fingerprint density at radius 3 is 2.85 bits per heavy atom. The van der Waals surface area contributed by atoms with Crippen LogP contribution < -0.4 is 10.6 Å². The van der Waals surface area contributed by atoms with Crippen molar-refractivity contribution in [3.63, 3.8) is 0 Å². The quantitative estimate of drug-likeness (QED) is 0.689. The van der Waals surface area contributed by atoms with Gasteiger partial charge >= 0.3 is 5.82 Å². The molecule has 2 aromatic heterocycles. The number of thiazole rings is 1. The largest absolute Gasteiger partial charge is 0.373 e. The molecular formula is C12H17N5O2S. The normalized spacial score (nSPS) is 18.6. The van der Waals surface area contributed by atoms with Crippen molar-refractivity contribution in [2.24, 2.45) is 11.7 Å². The summed E-state index contributed by atoms with van der Waals surface area (Å²) < 4.78 is 1.55. The molecule has 2 aromatic rings. The molecule has 20 heavy (non-hydrogen) atoms. The number of rotatable bonds is 3. The van der Waals surface area contributed by atoms with E-state index in [9.17, 15) is 10.1 Å². The minimum atomic E-state index is -0.348. The van der Waals surface area contributed by atoms with Crippen molar-refractivity contribution in [2.45, 2.75) is 25.8 Å². The predicted octanol–water partition coefficient (Wildman–Crippen LogP) is 1.87. The van der Waals surface area contributed by atoms with Crippen LogP contribution in [0.25, 0.3) is 4.96 Å². The van der Waals surface area contributed by atoms with Crippen LogP contribution in [0.4, 0.5) is 11.6 Å². The van der Waals surface area contributed by atoms with Crippen molar-refractivity contribution in [2.75, 3.05) is 18.0 Å². The summed E-state index contributed by atoms with van der Waals surface area (Å²) in [6.07, 6.45) is 3.61. The van der Waals surface area contributed by atoms with E-state index in [4.69, 9.17) is 5.73 Å². The van der Waals surface area contributed by atoms with Crippen LogP contribution in [0, 0.1) is 16.0 Å². The van der Waals surface area contributed by atoms with Crippen molar-refractivity contribution in [1.29, 1.82) is 0 Å². The van der Waals surface area contributed by atoms with Gasteiger partial charge in [-0.15, -0.1) is 0 Å². The maximum absolute atomic E-state index is 11.3. The van der Waals surface area contributed by atoms with E-state index in [0.29, 0.717) is 16.7 Å². The van der Waals surface area contributed by atoms with Crippen LogP contribution in [0.5, 0.6) is 0 Å². The molecule has 108 valence electrons. The standard InChI is InChI=1S/C12H17N5O2S/c1-8(13)9-2-4-15(5-3-9)10-11(17(18)19)16-6-7-20-12(16)14-10/h6-9H,2-5,13H2,1H3. The average molecular weight is 295 g/mol. The average Bonchev–Trinajstić information content (AvgIpc) is 2.97. The van der Waals surface area contributed by atoms with Gasteiger partial charge in [0.1, 0.15) is 6.20 Å². The van der Waals surface area contributed by atoms with E-state index in [0.717, 1.165) is 25.9 Å². The maximum atomic E-state index is 11.3. The monoisotopic (exact) mass is 295 g/mol. The van der Waals surface area contributed by atoms with Crippen molar-refractivity contribution < 1.29 is 4.92 Å². The van der Waals surface area contributed by atoms with Gasteiger partial charge in [-0.1, -0.05) is 11.3 Å². The molecule has 3 rings (SSSR count). The Hall–Kier alpha value is -1.67. The third kappa shape index (κ3) is 2.14. The van der Waals surface area contributed by atoms with Crippen LogP contribution in [0.2, 0.25) is 0 Å². The van der Waals surface area contributed by atoms with Crippen molar-refractivity contribution in [1.82, 2.24) is 9.38 Å². The van der Waals surface area contributed by atoms with E-state index in [1.165, 1.54) is 11.3 Å². The fraction of sp³-hybridized carbons (Fsp3) is 0.583. The Bertz CT molecular complexity index is 627. The second-order valence-corrected chi connectivity index (χ2v) is 6.13. The molecule has 1 fully saturated rings. The van der Waals surface area contributed by atoms with Gasteiger partial charge in [-0.2, -0.15) is 9.38 Å². The highest BCUT2D eigenvalue weighted by atomic mass is 32.1. The number of imidazole rings is 1. The molecule has 1 unspecified atom stereocenters. The lowest BCUT2D eigenvalue weighted by Gasteiger charge is -2.33. The number of hydrogen-bond donors (Lipinski definition) is 1. The highest BCUT2D eigenvalue weighted by molar-refractivity contribution is 7.15. The summed E-state index contributed by atoms with van der Waals surface area (Å²) in [7, 11) is 0. The molecule has 1 saturated heterocycles. The van der Waals surface area contributed by atoms with E-state index < -0.39 is 0 Å². The van der Waals surface area contributed by atoms with E-state index in [-0.39, 0.29) is 16.8 Å². The molecule has 0 saturated carbocycles. The summed E-state index contributed by atoms with van der Waals surface area (Å²) in [5, 5.41) is 13.1. The number of nitrogens with zero attached hydrogens (tertiary/aromatic N) is 4. The highest BCUT2D eigenvalue weighted by Gasteiger charge is 2.31. The molecule has 0 aromatic carbocycles. The van der Waals surface area contributed by atoms with Crippen LogP contribution in [0.15, 0.2) is 11.6 Å². The van der Waals surface area contributed by atoms with Crippen molar-refractivity contribution in [3.05, 3.63) is 21.7 Å². The van der Waals surface area contributed by atoms with Gasteiger partial charge in [-0.3, -0.25) is 0 Å². The van der Waals surface area contributed by atoms with E-state index >= 15 is 0 Å². The van der Waals surface area contributed by atoms with Gasteiger partial charge < -0.3 is 20.7 Å². The summed E-state index contributed by atoms with van der Waals surface area (Å²) >= 11 is 1.41.